The second-order valence-corrected chi connectivity index (χ2v) is 16.4. The van der Waals surface area contributed by atoms with Gasteiger partial charge in [-0.1, -0.05) is 176 Å². The summed E-state index contributed by atoms with van der Waals surface area (Å²) in [4.78, 5) is 0. The first-order valence-corrected chi connectivity index (χ1v) is 21.6. The van der Waals surface area contributed by atoms with Gasteiger partial charge in [-0.3, -0.25) is 0 Å². The summed E-state index contributed by atoms with van der Waals surface area (Å²) in [7, 11) is 0. The molecule has 0 aliphatic carbocycles. The lowest BCUT2D eigenvalue weighted by Gasteiger charge is -2.14. The van der Waals surface area contributed by atoms with E-state index in [-0.39, 0.29) is 0 Å². The van der Waals surface area contributed by atoms with E-state index < -0.39 is 0 Å². The first kappa shape index (κ1) is 35.4. The molecular formula is C60H38N2O. The lowest BCUT2D eigenvalue weighted by Crippen LogP contribution is -1.96. The zero-order chi connectivity index (χ0) is 41.4. The van der Waals surface area contributed by atoms with Crippen LogP contribution < -0.4 is 0 Å². The molecule has 3 heteroatoms. The summed E-state index contributed by atoms with van der Waals surface area (Å²) in [6, 6.07) is 83.3. The highest BCUT2D eigenvalue weighted by atomic mass is 16.3. The van der Waals surface area contributed by atoms with Gasteiger partial charge >= 0.3 is 0 Å². The molecule has 0 radical (unpaired) electrons. The fraction of sp³-hybridized carbons (Fsp3) is 0. The van der Waals surface area contributed by atoms with E-state index in [1.165, 1.54) is 71.5 Å². The molecule has 13 rings (SSSR count). The minimum absolute atomic E-state index is 0.873. The van der Waals surface area contributed by atoms with Crippen LogP contribution in [-0.4, -0.2) is 9.13 Å². The summed E-state index contributed by atoms with van der Waals surface area (Å²) < 4.78 is 11.7. The summed E-state index contributed by atoms with van der Waals surface area (Å²) in [6.45, 7) is 0. The highest BCUT2D eigenvalue weighted by Crippen LogP contribution is 2.45. The Labute approximate surface area is 363 Å². The van der Waals surface area contributed by atoms with Crippen molar-refractivity contribution in [1.29, 1.82) is 0 Å². The lowest BCUT2D eigenvalue weighted by atomic mass is 9.91. The first-order chi connectivity index (χ1) is 31.3. The lowest BCUT2D eigenvalue weighted by molar-refractivity contribution is 0.666. The van der Waals surface area contributed by atoms with Crippen LogP contribution in [0.5, 0.6) is 0 Å². The number of para-hydroxylation sites is 3. The molecule has 0 aliphatic heterocycles. The van der Waals surface area contributed by atoms with Crippen molar-refractivity contribution in [2.75, 3.05) is 0 Å². The van der Waals surface area contributed by atoms with Crippen molar-refractivity contribution in [3.8, 4) is 55.9 Å². The maximum Gasteiger partial charge on any atom is 0.160 e. The normalized spacial score (nSPS) is 11.8. The molecule has 63 heavy (non-hydrogen) atoms. The van der Waals surface area contributed by atoms with Crippen LogP contribution in [0.15, 0.2) is 235 Å². The number of benzene rings is 10. The molecule has 0 aliphatic rings. The van der Waals surface area contributed by atoms with E-state index in [9.17, 15) is 0 Å². The Morgan fingerprint density at radius 3 is 1.60 bits per heavy atom. The number of hydrogen-bond acceptors (Lipinski definition) is 1. The fourth-order valence-corrected chi connectivity index (χ4v) is 10.1. The van der Waals surface area contributed by atoms with Crippen molar-refractivity contribution < 1.29 is 4.42 Å². The van der Waals surface area contributed by atoms with Crippen LogP contribution >= 0.6 is 0 Å². The van der Waals surface area contributed by atoms with E-state index >= 15 is 0 Å². The molecule has 0 fully saturated rings. The number of rotatable bonds is 6. The van der Waals surface area contributed by atoms with Gasteiger partial charge in [0, 0.05) is 38.0 Å². The van der Waals surface area contributed by atoms with Gasteiger partial charge in [0.05, 0.1) is 27.8 Å². The highest BCUT2D eigenvalue weighted by molar-refractivity contribution is 6.18. The summed E-state index contributed by atoms with van der Waals surface area (Å²) in [5, 5.41) is 7.11. The van der Waals surface area contributed by atoms with Crippen LogP contribution in [0.2, 0.25) is 0 Å². The van der Waals surface area contributed by atoms with Crippen molar-refractivity contribution in [2.24, 2.45) is 0 Å². The Morgan fingerprint density at radius 2 is 0.825 bits per heavy atom. The molecule has 0 spiro atoms. The summed E-state index contributed by atoms with van der Waals surface area (Å²) in [5.41, 5.74) is 18.0. The van der Waals surface area contributed by atoms with Crippen LogP contribution in [0, 0.1) is 0 Å². The average Bonchev–Trinajstić information content (AvgIpc) is 4.02. The van der Waals surface area contributed by atoms with Crippen molar-refractivity contribution in [3.05, 3.63) is 231 Å². The predicted octanol–water partition coefficient (Wildman–Crippen LogP) is 16.4. The van der Waals surface area contributed by atoms with Gasteiger partial charge in [-0.2, -0.15) is 0 Å². The molecule has 0 bridgehead atoms. The van der Waals surface area contributed by atoms with E-state index in [2.05, 4.69) is 240 Å². The topological polar surface area (TPSA) is 23.0 Å². The number of aromatic nitrogens is 2. The van der Waals surface area contributed by atoms with Crippen LogP contribution in [0.3, 0.4) is 0 Å². The van der Waals surface area contributed by atoms with Gasteiger partial charge in [0.15, 0.2) is 5.58 Å². The van der Waals surface area contributed by atoms with Gasteiger partial charge in [0.2, 0.25) is 0 Å². The second kappa shape index (κ2) is 14.1. The molecule has 294 valence electrons. The molecule has 3 heterocycles. The van der Waals surface area contributed by atoms with E-state index in [4.69, 9.17) is 4.42 Å². The molecule has 0 amide bonds. The highest BCUT2D eigenvalue weighted by Gasteiger charge is 2.22. The third-order valence-electron chi connectivity index (χ3n) is 13.0. The van der Waals surface area contributed by atoms with Crippen molar-refractivity contribution in [1.82, 2.24) is 9.13 Å². The van der Waals surface area contributed by atoms with Crippen molar-refractivity contribution in [3.63, 3.8) is 0 Å². The molecule has 3 nitrogen and oxygen atoms in total. The zero-order valence-corrected chi connectivity index (χ0v) is 34.2. The maximum atomic E-state index is 6.93. The van der Waals surface area contributed by atoms with E-state index in [0.29, 0.717) is 0 Å². The molecule has 0 atom stereocenters. The van der Waals surface area contributed by atoms with Gasteiger partial charge in [0.25, 0.3) is 0 Å². The van der Waals surface area contributed by atoms with Crippen LogP contribution in [0.1, 0.15) is 0 Å². The van der Waals surface area contributed by atoms with Gasteiger partial charge < -0.3 is 13.6 Å². The third kappa shape index (κ3) is 5.53. The Bertz CT molecular complexity index is 3890. The summed E-state index contributed by atoms with van der Waals surface area (Å²) in [6.07, 6.45) is 0. The van der Waals surface area contributed by atoms with E-state index in [0.717, 1.165) is 49.9 Å². The van der Waals surface area contributed by atoms with Gasteiger partial charge in [-0.25, -0.2) is 0 Å². The third-order valence-corrected chi connectivity index (χ3v) is 13.0. The predicted molar refractivity (Wildman–Crippen MR) is 264 cm³/mol. The van der Waals surface area contributed by atoms with Crippen molar-refractivity contribution >= 4 is 65.6 Å². The Morgan fingerprint density at radius 1 is 0.286 bits per heavy atom. The standard InChI is InChI=1S/C60H38N2O/c1-3-15-39(16-4-1)40-27-31-44(32-28-40)61-53-24-12-9-21-47(53)49-33-29-43(38-57(49)61)42-30-35-55-52(37-42)48-22-10-13-25-54(48)62(55)56-36-34-50(59-51-23-11-14-26-58(51)63-60(56)59)46-20-8-7-19-45(46)41-17-5-2-6-18-41/h1-38H. The quantitative estimate of drug-likeness (QED) is 0.164. The number of hydrogen-bond donors (Lipinski definition) is 0. The van der Waals surface area contributed by atoms with Crippen LogP contribution in [0.4, 0.5) is 0 Å². The Kier molecular flexibility index (Phi) is 7.91. The molecular weight excluding hydrogens is 765 g/mol. The number of furan rings is 1. The molecule has 0 saturated heterocycles. The van der Waals surface area contributed by atoms with Crippen molar-refractivity contribution in [2.45, 2.75) is 0 Å². The fourth-order valence-electron chi connectivity index (χ4n) is 10.1. The smallest absolute Gasteiger partial charge is 0.160 e. The molecule has 0 N–H and O–H groups in total. The minimum Gasteiger partial charge on any atom is -0.454 e. The van der Waals surface area contributed by atoms with Gasteiger partial charge in [-0.05, 0) is 99.1 Å². The monoisotopic (exact) mass is 802 g/mol. The zero-order valence-electron chi connectivity index (χ0n) is 34.2. The van der Waals surface area contributed by atoms with Gasteiger partial charge in [0.1, 0.15) is 5.58 Å². The average molecular weight is 803 g/mol. The summed E-state index contributed by atoms with van der Waals surface area (Å²) >= 11 is 0. The Balaban J connectivity index is 0.987. The Hall–Kier alpha value is -8.40. The van der Waals surface area contributed by atoms with Gasteiger partial charge in [-0.15, -0.1) is 0 Å². The first-order valence-electron chi connectivity index (χ1n) is 21.6. The van der Waals surface area contributed by atoms with Crippen LogP contribution in [-0.2, 0) is 0 Å². The largest absolute Gasteiger partial charge is 0.454 e. The molecule has 0 saturated carbocycles. The molecule has 13 aromatic rings. The number of nitrogens with zero attached hydrogens (tertiary/aromatic N) is 2. The maximum absolute atomic E-state index is 6.93. The van der Waals surface area contributed by atoms with Crippen LogP contribution in [0.25, 0.3) is 121 Å². The molecule has 3 aromatic heterocycles. The molecule has 0 unspecified atom stereocenters. The number of fused-ring (bicyclic) bond motifs is 9. The minimum atomic E-state index is 0.873. The van der Waals surface area contributed by atoms with E-state index in [1.54, 1.807) is 0 Å². The second-order valence-electron chi connectivity index (χ2n) is 16.4. The molecule has 10 aromatic carbocycles. The SMILES string of the molecule is c1ccc(-c2ccc(-n3c4ccccc4c4ccc(-c5ccc6c(c5)c5ccccc5n6-c5ccc(-c6ccccc6-c6ccccc6)c6c5oc5ccccc56)cc43)cc2)cc1. The van der Waals surface area contributed by atoms with E-state index in [1.807, 2.05) is 0 Å². The summed E-state index contributed by atoms with van der Waals surface area (Å²) in [5.74, 6) is 0.